The fourth-order valence-corrected chi connectivity index (χ4v) is 1.76. The summed E-state index contributed by atoms with van der Waals surface area (Å²) in [7, 11) is 0. The zero-order chi connectivity index (χ0) is 9.90. The molecule has 1 aliphatic carbocycles. The van der Waals surface area contributed by atoms with Crippen molar-refractivity contribution in [1.82, 2.24) is 5.32 Å². The first-order chi connectivity index (χ1) is 5.97. The van der Waals surface area contributed by atoms with E-state index in [1.807, 2.05) is 0 Å². The average molecular weight is 233 g/mol. The monoisotopic (exact) mass is 233 g/mol. The molecule has 0 unspecified atom stereocenters. The van der Waals surface area contributed by atoms with Gasteiger partial charge in [-0.1, -0.05) is 6.92 Å². The third-order valence-corrected chi connectivity index (χ3v) is 2.65. The number of halogens is 3. The summed E-state index contributed by atoms with van der Waals surface area (Å²) in [6.45, 7) is -2.50. The first kappa shape index (κ1) is 15.5. The van der Waals surface area contributed by atoms with Gasteiger partial charge in [-0.15, -0.1) is 0 Å². The van der Waals surface area contributed by atoms with Gasteiger partial charge in [0, 0.05) is 6.04 Å². The van der Waals surface area contributed by atoms with Crippen LogP contribution in [0.15, 0.2) is 0 Å². The largest absolute Gasteiger partial charge is 1.00 e. The van der Waals surface area contributed by atoms with E-state index in [9.17, 15) is 12.9 Å². The summed E-state index contributed by atoms with van der Waals surface area (Å²) in [6, 6.07) is 0.0969. The summed E-state index contributed by atoms with van der Waals surface area (Å²) < 4.78 is 35.7. The molecule has 0 amide bonds. The van der Waals surface area contributed by atoms with Crippen molar-refractivity contribution in [3.05, 3.63) is 0 Å². The number of hydrogen-bond acceptors (Lipinski definition) is 1. The van der Waals surface area contributed by atoms with Crippen molar-refractivity contribution in [3.8, 4) is 0 Å². The van der Waals surface area contributed by atoms with E-state index >= 15 is 0 Å². The van der Waals surface area contributed by atoms with Crippen LogP contribution in [0.2, 0.25) is 0 Å². The smallest absolute Gasteiger partial charge is 0.448 e. The predicted octanol–water partition coefficient (Wildman–Crippen LogP) is -0.455. The van der Waals surface area contributed by atoms with Crippen LogP contribution in [0.4, 0.5) is 12.9 Å². The first-order valence-corrected chi connectivity index (χ1v) is 4.92. The van der Waals surface area contributed by atoms with E-state index < -0.39 is 13.4 Å². The van der Waals surface area contributed by atoms with E-state index in [0.29, 0.717) is 5.92 Å². The van der Waals surface area contributed by atoms with Gasteiger partial charge in [-0.05, 0) is 38.0 Å². The van der Waals surface area contributed by atoms with Gasteiger partial charge in [0.2, 0.25) is 0 Å². The Morgan fingerprint density at radius 3 is 2.07 bits per heavy atom. The second kappa shape index (κ2) is 6.91. The van der Waals surface area contributed by atoms with E-state index in [4.69, 9.17) is 0 Å². The van der Waals surface area contributed by atoms with Gasteiger partial charge in [0.1, 0.15) is 0 Å². The number of hydrogen-bond donors (Lipinski definition) is 1. The molecule has 1 nitrogen and oxygen atoms in total. The Kier molecular flexibility index (Phi) is 7.63. The molecule has 0 atom stereocenters. The van der Waals surface area contributed by atoms with Gasteiger partial charge in [0.05, 0.1) is 0 Å². The molecule has 0 radical (unpaired) electrons. The molecular formula is C8H16BF3KN. The van der Waals surface area contributed by atoms with Gasteiger partial charge < -0.3 is 18.3 Å². The Labute approximate surface area is 126 Å². The standard InChI is InChI=1S/C8H16BF3N.K/c1-7-2-4-8(5-3-7)13-6-9(10,11)12;/h7-8,13H,2-6H2,1H3;/q-1;+1. The van der Waals surface area contributed by atoms with Crippen molar-refractivity contribution in [3.63, 3.8) is 0 Å². The maximum Gasteiger partial charge on any atom is 1.00 e. The summed E-state index contributed by atoms with van der Waals surface area (Å²) >= 11 is 0. The van der Waals surface area contributed by atoms with Gasteiger partial charge in [0.25, 0.3) is 0 Å². The van der Waals surface area contributed by atoms with Gasteiger partial charge >= 0.3 is 58.4 Å². The first-order valence-electron chi connectivity index (χ1n) is 4.92. The molecule has 1 N–H and O–H groups in total. The fraction of sp³-hybridized carbons (Fsp3) is 1.00. The molecule has 1 rings (SSSR count). The van der Waals surface area contributed by atoms with E-state index in [2.05, 4.69) is 12.2 Å². The molecule has 0 bridgehead atoms. The van der Waals surface area contributed by atoms with Crippen LogP contribution in [0.25, 0.3) is 0 Å². The van der Waals surface area contributed by atoms with Crippen LogP contribution < -0.4 is 56.7 Å². The molecule has 0 saturated heterocycles. The topological polar surface area (TPSA) is 12.0 Å². The van der Waals surface area contributed by atoms with Crippen LogP contribution in [0.1, 0.15) is 32.6 Å². The van der Waals surface area contributed by atoms with Crippen molar-refractivity contribution < 1.29 is 64.3 Å². The third-order valence-electron chi connectivity index (χ3n) is 2.65. The molecule has 1 fully saturated rings. The van der Waals surface area contributed by atoms with Crippen molar-refractivity contribution in [1.29, 1.82) is 0 Å². The molecule has 14 heavy (non-hydrogen) atoms. The van der Waals surface area contributed by atoms with Crippen LogP contribution in [0.5, 0.6) is 0 Å². The summed E-state index contributed by atoms with van der Waals surface area (Å²) in [5.41, 5.74) is 0. The molecular weight excluding hydrogens is 217 g/mol. The molecule has 0 aromatic heterocycles. The minimum absolute atomic E-state index is 0. The third kappa shape index (κ3) is 6.85. The van der Waals surface area contributed by atoms with E-state index in [1.165, 1.54) is 0 Å². The normalized spacial score (nSPS) is 28.3. The summed E-state index contributed by atoms with van der Waals surface area (Å²) in [5.74, 6) is 0.689. The molecule has 1 saturated carbocycles. The summed E-state index contributed by atoms with van der Waals surface area (Å²) in [6.07, 6.45) is 3.13. The van der Waals surface area contributed by atoms with Gasteiger partial charge in [-0.2, -0.15) is 0 Å². The second-order valence-corrected chi connectivity index (χ2v) is 4.08. The number of rotatable bonds is 3. The van der Waals surface area contributed by atoms with Crippen molar-refractivity contribution in [2.45, 2.75) is 38.6 Å². The second-order valence-electron chi connectivity index (χ2n) is 4.08. The fourth-order valence-electron chi connectivity index (χ4n) is 1.76. The average Bonchev–Trinajstić information content (AvgIpc) is 2.02. The van der Waals surface area contributed by atoms with Gasteiger partial charge in [-0.3, -0.25) is 0 Å². The maximum absolute atomic E-state index is 11.9. The number of nitrogens with one attached hydrogen (secondary N) is 1. The molecule has 0 aromatic rings. The molecule has 6 heteroatoms. The minimum Gasteiger partial charge on any atom is -0.448 e. The maximum atomic E-state index is 11.9. The SMILES string of the molecule is CC1CCC(NC[B-](F)(F)F)CC1.[K+]. The Morgan fingerprint density at radius 1 is 1.14 bits per heavy atom. The summed E-state index contributed by atoms with van der Waals surface area (Å²) in [4.78, 5) is 0. The molecule has 78 valence electrons. The van der Waals surface area contributed by atoms with Crippen LogP contribution in [0.3, 0.4) is 0 Å². The Morgan fingerprint density at radius 2 is 1.64 bits per heavy atom. The van der Waals surface area contributed by atoms with Crippen molar-refractivity contribution in [2.75, 3.05) is 6.44 Å². The van der Waals surface area contributed by atoms with Crippen LogP contribution in [-0.4, -0.2) is 19.5 Å². The Balaban J connectivity index is 0.00000169. The van der Waals surface area contributed by atoms with E-state index in [1.54, 1.807) is 0 Å². The van der Waals surface area contributed by atoms with Crippen molar-refractivity contribution >= 4 is 6.98 Å². The van der Waals surface area contributed by atoms with Gasteiger partial charge in [0.15, 0.2) is 0 Å². The molecule has 0 aromatic carbocycles. The Hall–Kier alpha value is 1.45. The quantitative estimate of drug-likeness (QED) is 0.651. The minimum atomic E-state index is -4.65. The zero-order valence-electron chi connectivity index (χ0n) is 8.90. The van der Waals surface area contributed by atoms with E-state index in [0.717, 1.165) is 25.7 Å². The zero-order valence-corrected chi connectivity index (χ0v) is 12.0. The van der Waals surface area contributed by atoms with E-state index in [-0.39, 0.29) is 57.4 Å². The van der Waals surface area contributed by atoms with Crippen LogP contribution >= 0.6 is 0 Å². The summed E-state index contributed by atoms with van der Waals surface area (Å²) in [5, 5.41) is 2.58. The van der Waals surface area contributed by atoms with Crippen molar-refractivity contribution in [2.24, 2.45) is 5.92 Å². The Bertz CT molecular complexity index is 157. The molecule has 0 aliphatic heterocycles. The van der Waals surface area contributed by atoms with Crippen LogP contribution in [-0.2, 0) is 0 Å². The van der Waals surface area contributed by atoms with Gasteiger partial charge in [-0.25, -0.2) is 0 Å². The molecule has 1 aliphatic rings. The molecule has 0 heterocycles. The predicted molar refractivity (Wildman–Crippen MR) is 48.5 cm³/mol. The van der Waals surface area contributed by atoms with Crippen LogP contribution in [0, 0.1) is 5.92 Å². The molecule has 0 spiro atoms.